The molecule has 0 spiro atoms. The normalized spacial score (nSPS) is 15.8. The number of piperidine rings is 1. The van der Waals surface area contributed by atoms with Crippen molar-refractivity contribution in [1.82, 2.24) is 10.0 Å². The van der Waals surface area contributed by atoms with Crippen LogP contribution in [0.5, 0.6) is 0 Å². The van der Waals surface area contributed by atoms with Crippen molar-refractivity contribution >= 4 is 21.6 Å². The van der Waals surface area contributed by atoms with E-state index in [4.69, 9.17) is 0 Å². The van der Waals surface area contributed by atoms with E-state index >= 15 is 0 Å². The van der Waals surface area contributed by atoms with Gasteiger partial charge in [-0.1, -0.05) is 29.8 Å². The number of amides is 1. The van der Waals surface area contributed by atoms with Gasteiger partial charge in [-0.2, -0.15) is 0 Å². The van der Waals surface area contributed by atoms with Crippen molar-refractivity contribution in [3.63, 3.8) is 0 Å². The number of sulfonamides is 1. The van der Waals surface area contributed by atoms with Gasteiger partial charge in [-0.3, -0.25) is 4.79 Å². The molecule has 0 unspecified atom stereocenters. The second-order valence-corrected chi connectivity index (χ2v) is 10.6. The van der Waals surface area contributed by atoms with Gasteiger partial charge in [0.25, 0.3) is 5.91 Å². The molecule has 1 amide bonds. The summed E-state index contributed by atoms with van der Waals surface area (Å²) >= 11 is 0. The third-order valence-electron chi connectivity index (χ3n) is 5.13. The Hall–Kier alpha value is -2.38. The number of para-hydroxylation sites is 1. The lowest BCUT2D eigenvalue weighted by Crippen LogP contribution is -2.45. The molecule has 0 aliphatic carbocycles. The van der Waals surface area contributed by atoms with E-state index in [-0.39, 0.29) is 17.5 Å². The molecule has 1 heterocycles. The highest BCUT2D eigenvalue weighted by Gasteiger charge is 2.27. The van der Waals surface area contributed by atoms with Crippen molar-refractivity contribution in [2.24, 2.45) is 0 Å². The predicted molar refractivity (Wildman–Crippen MR) is 120 cm³/mol. The van der Waals surface area contributed by atoms with Crippen LogP contribution in [-0.2, 0) is 10.0 Å². The average Bonchev–Trinajstić information content (AvgIpc) is 2.67. The molecular formula is C23H31N3O3S. The Morgan fingerprint density at radius 3 is 2.20 bits per heavy atom. The zero-order chi connectivity index (χ0) is 21.9. The van der Waals surface area contributed by atoms with Gasteiger partial charge in [0, 0.05) is 30.4 Å². The van der Waals surface area contributed by atoms with Crippen molar-refractivity contribution in [2.75, 3.05) is 18.0 Å². The first-order valence-corrected chi connectivity index (χ1v) is 11.8. The minimum absolute atomic E-state index is 0.0969. The number of aryl methyl sites for hydroxylation is 1. The number of hydrogen-bond acceptors (Lipinski definition) is 4. The van der Waals surface area contributed by atoms with Crippen LogP contribution in [0.25, 0.3) is 0 Å². The Kier molecular flexibility index (Phi) is 6.53. The minimum Gasteiger partial charge on any atom is -0.371 e. The number of nitrogens with zero attached hydrogens (tertiary/aromatic N) is 1. The molecule has 0 aromatic heterocycles. The van der Waals surface area contributed by atoms with Crippen LogP contribution in [0.3, 0.4) is 0 Å². The standard InChI is InChI=1S/C23H31N3O3S/c1-17-9-11-19(12-10-17)30(28,29)25-18-13-15-26(16-14-18)21-8-6-5-7-20(21)22(27)24-23(2,3)4/h5-12,18,25H,13-16H2,1-4H3,(H,24,27). The molecule has 162 valence electrons. The fourth-order valence-corrected chi connectivity index (χ4v) is 4.90. The topological polar surface area (TPSA) is 78.5 Å². The molecule has 30 heavy (non-hydrogen) atoms. The summed E-state index contributed by atoms with van der Waals surface area (Å²) < 4.78 is 28.2. The molecule has 1 aliphatic heterocycles. The lowest BCUT2D eigenvalue weighted by atomic mass is 10.0. The second-order valence-electron chi connectivity index (χ2n) is 8.92. The summed E-state index contributed by atoms with van der Waals surface area (Å²) in [6.07, 6.45) is 1.36. The summed E-state index contributed by atoms with van der Waals surface area (Å²) in [5.74, 6) is -0.0969. The second kappa shape index (κ2) is 8.78. The van der Waals surface area contributed by atoms with Gasteiger partial charge >= 0.3 is 0 Å². The van der Waals surface area contributed by atoms with Crippen LogP contribution < -0.4 is 14.9 Å². The van der Waals surface area contributed by atoms with E-state index < -0.39 is 10.0 Å². The van der Waals surface area contributed by atoms with Gasteiger partial charge in [0.15, 0.2) is 0 Å². The molecular weight excluding hydrogens is 398 g/mol. The van der Waals surface area contributed by atoms with Gasteiger partial charge in [0.1, 0.15) is 0 Å². The fourth-order valence-electron chi connectivity index (χ4n) is 3.59. The number of carbonyl (C=O) groups excluding carboxylic acids is 1. The van der Waals surface area contributed by atoms with E-state index in [2.05, 4.69) is 14.9 Å². The highest BCUT2D eigenvalue weighted by Crippen LogP contribution is 2.25. The van der Waals surface area contributed by atoms with Crippen LogP contribution in [0.4, 0.5) is 5.69 Å². The molecule has 0 radical (unpaired) electrons. The third kappa shape index (κ3) is 5.61. The molecule has 3 rings (SSSR count). The van der Waals surface area contributed by atoms with Gasteiger partial charge in [-0.15, -0.1) is 0 Å². The summed E-state index contributed by atoms with van der Waals surface area (Å²) in [5.41, 5.74) is 2.24. The zero-order valence-electron chi connectivity index (χ0n) is 18.1. The van der Waals surface area contributed by atoms with Gasteiger partial charge in [0.2, 0.25) is 10.0 Å². The van der Waals surface area contributed by atoms with E-state index in [9.17, 15) is 13.2 Å². The number of rotatable bonds is 5. The van der Waals surface area contributed by atoms with Crippen molar-refractivity contribution in [3.05, 3.63) is 59.7 Å². The maximum atomic E-state index is 12.7. The highest BCUT2D eigenvalue weighted by molar-refractivity contribution is 7.89. The first-order chi connectivity index (χ1) is 14.0. The van der Waals surface area contributed by atoms with Crippen LogP contribution in [-0.4, -0.2) is 39.0 Å². The predicted octanol–water partition coefficient (Wildman–Crippen LogP) is 3.47. The zero-order valence-corrected chi connectivity index (χ0v) is 18.9. The summed E-state index contributed by atoms with van der Waals surface area (Å²) in [7, 11) is -3.53. The van der Waals surface area contributed by atoms with Crippen LogP contribution in [0.2, 0.25) is 0 Å². The molecule has 0 saturated carbocycles. The van der Waals surface area contributed by atoms with E-state index in [1.807, 2.05) is 52.0 Å². The van der Waals surface area contributed by atoms with E-state index in [1.165, 1.54) is 0 Å². The van der Waals surface area contributed by atoms with Crippen molar-refractivity contribution in [2.45, 2.75) is 57.0 Å². The fraction of sp³-hybridized carbons (Fsp3) is 0.435. The molecule has 0 bridgehead atoms. The smallest absolute Gasteiger partial charge is 0.253 e. The minimum atomic E-state index is -3.53. The maximum absolute atomic E-state index is 12.7. The molecule has 2 aromatic carbocycles. The Morgan fingerprint density at radius 1 is 1.00 bits per heavy atom. The number of anilines is 1. The molecule has 1 saturated heterocycles. The first-order valence-electron chi connectivity index (χ1n) is 10.3. The maximum Gasteiger partial charge on any atom is 0.253 e. The number of benzene rings is 2. The van der Waals surface area contributed by atoms with E-state index in [1.54, 1.807) is 24.3 Å². The van der Waals surface area contributed by atoms with Crippen molar-refractivity contribution in [3.8, 4) is 0 Å². The lowest BCUT2D eigenvalue weighted by Gasteiger charge is -2.35. The Labute approximate surface area is 179 Å². The SMILES string of the molecule is Cc1ccc(S(=O)(=O)NC2CCN(c3ccccc3C(=O)NC(C)(C)C)CC2)cc1. The molecule has 1 fully saturated rings. The van der Waals surface area contributed by atoms with E-state index in [0.717, 1.165) is 11.3 Å². The Balaban J connectivity index is 1.66. The van der Waals surface area contributed by atoms with Crippen molar-refractivity contribution in [1.29, 1.82) is 0 Å². The summed E-state index contributed by atoms with van der Waals surface area (Å²) in [6, 6.07) is 14.3. The van der Waals surface area contributed by atoms with Gasteiger partial charge in [-0.05, 0) is 64.8 Å². The van der Waals surface area contributed by atoms with Gasteiger partial charge < -0.3 is 10.2 Å². The van der Waals surface area contributed by atoms with Crippen LogP contribution in [0, 0.1) is 6.92 Å². The third-order valence-corrected chi connectivity index (χ3v) is 6.66. The summed E-state index contributed by atoms with van der Waals surface area (Å²) in [4.78, 5) is 15.2. The molecule has 6 nitrogen and oxygen atoms in total. The highest BCUT2D eigenvalue weighted by atomic mass is 32.2. The van der Waals surface area contributed by atoms with Crippen LogP contribution in [0.15, 0.2) is 53.4 Å². The largest absolute Gasteiger partial charge is 0.371 e. The van der Waals surface area contributed by atoms with Gasteiger partial charge in [-0.25, -0.2) is 13.1 Å². The van der Waals surface area contributed by atoms with E-state index in [0.29, 0.717) is 36.4 Å². The number of nitrogens with one attached hydrogen (secondary N) is 2. The van der Waals surface area contributed by atoms with Crippen molar-refractivity contribution < 1.29 is 13.2 Å². The molecule has 1 aliphatic rings. The quantitative estimate of drug-likeness (QED) is 0.763. The summed E-state index contributed by atoms with van der Waals surface area (Å²) in [6.45, 7) is 9.17. The molecule has 0 atom stereocenters. The monoisotopic (exact) mass is 429 g/mol. The molecule has 2 aromatic rings. The Bertz CT molecular complexity index is 987. The molecule has 2 N–H and O–H groups in total. The summed E-state index contributed by atoms with van der Waals surface area (Å²) in [5, 5.41) is 3.02. The van der Waals surface area contributed by atoms with Gasteiger partial charge in [0.05, 0.1) is 10.5 Å². The molecule has 7 heteroatoms. The average molecular weight is 430 g/mol. The Morgan fingerprint density at radius 2 is 1.60 bits per heavy atom. The van der Waals surface area contributed by atoms with Crippen LogP contribution in [0.1, 0.15) is 49.5 Å². The number of hydrogen-bond donors (Lipinski definition) is 2. The first kappa shape index (κ1) is 22.3. The lowest BCUT2D eigenvalue weighted by molar-refractivity contribution is 0.0920. The van der Waals surface area contributed by atoms with Crippen LogP contribution >= 0.6 is 0 Å². The number of carbonyl (C=O) groups is 1.